The first kappa shape index (κ1) is 9.83. The van der Waals surface area contributed by atoms with Crippen molar-refractivity contribution in [2.45, 2.75) is 25.3 Å². The molecule has 1 N–H and O–H groups in total. The predicted octanol–water partition coefficient (Wildman–Crippen LogP) is 0.773. The molecule has 1 heterocycles. The van der Waals surface area contributed by atoms with Crippen LogP contribution in [0.2, 0.25) is 0 Å². The molecule has 2 rings (SSSR count). The van der Waals surface area contributed by atoms with E-state index < -0.39 is 12.0 Å². The molecule has 1 saturated heterocycles. The molecule has 1 unspecified atom stereocenters. The summed E-state index contributed by atoms with van der Waals surface area (Å²) in [5.41, 5.74) is 0. The van der Waals surface area contributed by atoms with E-state index in [1.54, 1.807) is 0 Å². The Morgan fingerprint density at radius 1 is 1.36 bits per heavy atom. The fourth-order valence-electron chi connectivity index (χ4n) is 1.75. The van der Waals surface area contributed by atoms with Crippen LogP contribution in [0.4, 0.5) is 0 Å². The molecule has 1 aliphatic heterocycles. The Kier molecular flexibility index (Phi) is 2.67. The van der Waals surface area contributed by atoms with E-state index in [1.165, 1.54) is 16.7 Å². The van der Waals surface area contributed by atoms with Gasteiger partial charge in [0.15, 0.2) is 0 Å². The molecule has 1 atom stereocenters. The molecule has 0 aromatic rings. The quantitative estimate of drug-likeness (QED) is 0.739. The highest BCUT2D eigenvalue weighted by atomic mass is 32.2. The van der Waals surface area contributed by atoms with Crippen LogP contribution < -0.4 is 0 Å². The normalized spacial score (nSPS) is 27.4. The number of hydrogen-bond donors (Lipinski definition) is 1. The molecule has 1 saturated carbocycles. The van der Waals surface area contributed by atoms with Gasteiger partial charge in [-0.2, -0.15) is 0 Å². The van der Waals surface area contributed by atoms with Crippen molar-refractivity contribution in [2.75, 3.05) is 11.6 Å². The lowest BCUT2D eigenvalue weighted by Gasteiger charge is -2.30. The minimum Gasteiger partial charge on any atom is -0.480 e. The van der Waals surface area contributed by atoms with Crippen molar-refractivity contribution in [3.63, 3.8) is 0 Å². The Hall–Kier alpha value is -0.710. The van der Waals surface area contributed by atoms with Crippen molar-refractivity contribution in [1.29, 1.82) is 0 Å². The summed E-state index contributed by atoms with van der Waals surface area (Å²) in [6, 6.07) is -0.590. The summed E-state index contributed by atoms with van der Waals surface area (Å²) in [6.07, 6.45) is 2.98. The molecule has 78 valence electrons. The predicted molar refractivity (Wildman–Crippen MR) is 52.9 cm³/mol. The van der Waals surface area contributed by atoms with Crippen LogP contribution in [0.3, 0.4) is 0 Å². The van der Waals surface area contributed by atoms with Gasteiger partial charge in [0.25, 0.3) is 0 Å². The monoisotopic (exact) mass is 215 g/mol. The zero-order valence-electron chi connectivity index (χ0n) is 7.81. The molecule has 2 fully saturated rings. The third kappa shape index (κ3) is 1.61. The summed E-state index contributed by atoms with van der Waals surface area (Å²) in [4.78, 5) is 24.2. The Bertz CT molecular complexity index is 265. The first-order chi connectivity index (χ1) is 6.70. The van der Waals surface area contributed by atoms with Gasteiger partial charge in [0.2, 0.25) is 5.91 Å². The molecule has 0 radical (unpaired) electrons. The van der Waals surface area contributed by atoms with Gasteiger partial charge in [-0.3, -0.25) is 4.79 Å². The van der Waals surface area contributed by atoms with E-state index >= 15 is 0 Å². The van der Waals surface area contributed by atoms with Crippen molar-refractivity contribution in [2.24, 2.45) is 5.92 Å². The number of thioether (sulfide) groups is 1. The van der Waals surface area contributed by atoms with E-state index in [4.69, 9.17) is 5.11 Å². The Labute approximate surface area is 86.6 Å². The largest absolute Gasteiger partial charge is 0.480 e. The highest BCUT2D eigenvalue weighted by molar-refractivity contribution is 7.99. The zero-order chi connectivity index (χ0) is 10.1. The van der Waals surface area contributed by atoms with Gasteiger partial charge < -0.3 is 10.0 Å². The lowest BCUT2D eigenvalue weighted by molar-refractivity contribution is -0.150. The van der Waals surface area contributed by atoms with Crippen molar-refractivity contribution < 1.29 is 14.7 Å². The van der Waals surface area contributed by atoms with E-state index in [1.807, 2.05) is 0 Å². The number of nitrogens with zero attached hydrogens (tertiary/aromatic N) is 1. The smallest absolute Gasteiger partial charge is 0.327 e. The maximum atomic E-state index is 11.8. The Balaban J connectivity index is 2.01. The molecule has 0 aromatic carbocycles. The molecule has 14 heavy (non-hydrogen) atoms. The Morgan fingerprint density at radius 3 is 2.57 bits per heavy atom. The molecule has 0 bridgehead atoms. The van der Waals surface area contributed by atoms with E-state index in [0.717, 1.165) is 19.3 Å². The molecule has 1 amide bonds. The van der Waals surface area contributed by atoms with E-state index in [9.17, 15) is 9.59 Å². The molecule has 4 nitrogen and oxygen atoms in total. The van der Waals surface area contributed by atoms with Gasteiger partial charge >= 0.3 is 5.97 Å². The highest BCUT2D eigenvalue weighted by Crippen LogP contribution is 2.32. The topological polar surface area (TPSA) is 57.6 Å². The summed E-state index contributed by atoms with van der Waals surface area (Å²) in [6.45, 7) is 0. The van der Waals surface area contributed by atoms with E-state index in [-0.39, 0.29) is 11.8 Å². The second-order valence-electron chi connectivity index (χ2n) is 3.79. The number of carbonyl (C=O) groups is 2. The average molecular weight is 215 g/mol. The van der Waals surface area contributed by atoms with Crippen LogP contribution in [-0.2, 0) is 9.59 Å². The van der Waals surface area contributed by atoms with Crippen molar-refractivity contribution >= 4 is 23.6 Å². The maximum absolute atomic E-state index is 11.8. The molecule has 0 spiro atoms. The molecule has 1 aliphatic carbocycles. The van der Waals surface area contributed by atoms with Gasteiger partial charge in [0.05, 0.1) is 5.88 Å². The third-order valence-electron chi connectivity index (χ3n) is 2.90. The van der Waals surface area contributed by atoms with Gasteiger partial charge in [-0.05, 0) is 12.8 Å². The average Bonchev–Trinajstić information content (AvgIpc) is 2.47. The summed E-state index contributed by atoms with van der Waals surface area (Å²) >= 11 is 1.52. The fraction of sp³-hybridized carbons (Fsp3) is 0.778. The number of amides is 1. The van der Waals surface area contributed by atoms with Gasteiger partial charge in [0.1, 0.15) is 6.04 Å². The lowest BCUT2D eigenvalue weighted by atomic mass is 9.84. The minimum atomic E-state index is -0.873. The number of rotatable bonds is 2. The van der Waals surface area contributed by atoms with Crippen LogP contribution in [0, 0.1) is 5.92 Å². The van der Waals surface area contributed by atoms with Crippen LogP contribution in [0.1, 0.15) is 19.3 Å². The van der Waals surface area contributed by atoms with Crippen LogP contribution >= 0.6 is 11.8 Å². The SMILES string of the molecule is O=C(O)C1CSCN1C(=O)C1CCC1. The van der Waals surface area contributed by atoms with Crippen LogP contribution in [0.5, 0.6) is 0 Å². The first-order valence-corrected chi connectivity index (χ1v) is 5.96. The van der Waals surface area contributed by atoms with Crippen molar-refractivity contribution in [3.05, 3.63) is 0 Å². The molecular weight excluding hydrogens is 202 g/mol. The minimum absolute atomic E-state index is 0.0497. The summed E-state index contributed by atoms with van der Waals surface area (Å²) in [7, 11) is 0. The molecule has 5 heteroatoms. The van der Waals surface area contributed by atoms with E-state index in [2.05, 4.69) is 0 Å². The zero-order valence-corrected chi connectivity index (χ0v) is 8.63. The van der Waals surface area contributed by atoms with Gasteiger partial charge in [-0.15, -0.1) is 11.8 Å². The second kappa shape index (κ2) is 3.81. The second-order valence-corrected chi connectivity index (χ2v) is 4.79. The summed E-state index contributed by atoms with van der Waals surface area (Å²) < 4.78 is 0. The van der Waals surface area contributed by atoms with Gasteiger partial charge in [-0.1, -0.05) is 6.42 Å². The van der Waals surface area contributed by atoms with Gasteiger partial charge in [-0.25, -0.2) is 4.79 Å². The number of carboxylic acids is 1. The van der Waals surface area contributed by atoms with Crippen molar-refractivity contribution in [3.8, 4) is 0 Å². The number of carboxylic acid groups (broad SMARTS) is 1. The molecular formula is C9H13NO3S. The maximum Gasteiger partial charge on any atom is 0.327 e. The summed E-state index contributed by atoms with van der Waals surface area (Å²) in [5, 5.41) is 8.90. The number of hydrogen-bond acceptors (Lipinski definition) is 3. The Morgan fingerprint density at radius 2 is 2.07 bits per heavy atom. The molecule has 0 aromatic heterocycles. The standard InChI is InChI=1S/C9H13NO3S/c11-8(6-2-1-3-6)10-5-14-4-7(10)9(12)13/h6-7H,1-5H2,(H,12,13). The van der Waals surface area contributed by atoms with Crippen molar-refractivity contribution in [1.82, 2.24) is 4.90 Å². The molecule has 2 aliphatic rings. The van der Waals surface area contributed by atoms with Crippen LogP contribution in [-0.4, -0.2) is 39.6 Å². The van der Waals surface area contributed by atoms with Gasteiger partial charge in [0, 0.05) is 11.7 Å². The van der Waals surface area contributed by atoms with Crippen LogP contribution in [0.25, 0.3) is 0 Å². The first-order valence-electron chi connectivity index (χ1n) is 4.81. The third-order valence-corrected chi connectivity index (χ3v) is 3.92. The number of carbonyl (C=O) groups excluding carboxylic acids is 1. The highest BCUT2D eigenvalue weighted by Gasteiger charge is 2.39. The van der Waals surface area contributed by atoms with E-state index in [0.29, 0.717) is 11.6 Å². The summed E-state index contributed by atoms with van der Waals surface area (Å²) in [5.74, 6) is 0.368. The lowest BCUT2D eigenvalue weighted by Crippen LogP contribution is -2.45. The van der Waals surface area contributed by atoms with Crippen LogP contribution in [0.15, 0.2) is 0 Å². The fourth-order valence-corrected chi connectivity index (χ4v) is 2.91. The number of aliphatic carboxylic acids is 1.